The lowest BCUT2D eigenvalue weighted by Crippen LogP contribution is -2.27. The zero-order chi connectivity index (χ0) is 14.0. The van der Waals surface area contributed by atoms with E-state index in [1.807, 2.05) is 30.3 Å². The Morgan fingerprint density at radius 3 is 2.45 bits per heavy atom. The van der Waals surface area contributed by atoms with Gasteiger partial charge in [0.1, 0.15) is 0 Å². The Morgan fingerprint density at radius 2 is 1.70 bits per heavy atom. The molecule has 0 atom stereocenters. The number of hydrogen-bond donors (Lipinski definition) is 2. The number of imidazole rings is 1. The Kier molecular flexibility index (Phi) is 3.18. The van der Waals surface area contributed by atoms with Gasteiger partial charge in [0.15, 0.2) is 0 Å². The number of rotatable bonds is 4. The monoisotopic (exact) mass is 265 g/mol. The first-order valence-electron chi connectivity index (χ1n) is 6.89. The first-order valence-corrected chi connectivity index (χ1v) is 6.89. The fraction of sp³-hybridized carbons (Fsp3) is 0.235. The van der Waals surface area contributed by atoms with Crippen LogP contribution in [0.3, 0.4) is 0 Å². The Hall–Kier alpha value is -2.29. The molecule has 3 rings (SSSR count). The van der Waals surface area contributed by atoms with Crippen LogP contribution in [0, 0.1) is 0 Å². The summed E-state index contributed by atoms with van der Waals surface area (Å²) in [6.07, 6.45) is 0. The third kappa shape index (κ3) is 2.52. The summed E-state index contributed by atoms with van der Waals surface area (Å²) in [7, 11) is 0. The van der Waals surface area contributed by atoms with E-state index in [2.05, 4.69) is 53.4 Å². The van der Waals surface area contributed by atoms with E-state index in [1.165, 1.54) is 5.56 Å². The molecule has 0 amide bonds. The van der Waals surface area contributed by atoms with Crippen LogP contribution in [-0.4, -0.2) is 16.5 Å². The van der Waals surface area contributed by atoms with Gasteiger partial charge in [0.2, 0.25) is 5.95 Å². The van der Waals surface area contributed by atoms with Crippen LogP contribution in [0.4, 0.5) is 5.95 Å². The van der Waals surface area contributed by atoms with Crippen LogP contribution in [-0.2, 0) is 5.41 Å². The van der Waals surface area contributed by atoms with Crippen molar-refractivity contribution in [2.24, 2.45) is 0 Å². The van der Waals surface area contributed by atoms with Gasteiger partial charge in [0.25, 0.3) is 0 Å². The molecule has 3 nitrogen and oxygen atoms in total. The Labute approximate surface area is 119 Å². The average Bonchev–Trinajstić information content (AvgIpc) is 2.89. The van der Waals surface area contributed by atoms with Crippen LogP contribution < -0.4 is 5.32 Å². The number of hydrogen-bond acceptors (Lipinski definition) is 2. The molecule has 0 saturated carbocycles. The van der Waals surface area contributed by atoms with E-state index in [4.69, 9.17) is 0 Å². The molecule has 0 radical (unpaired) electrons. The first kappa shape index (κ1) is 12.7. The van der Waals surface area contributed by atoms with E-state index >= 15 is 0 Å². The topological polar surface area (TPSA) is 40.7 Å². The van der Waals surface area contributed by atoms with Gasteiger partial charge in [-0.1, -0.05) is 56.3 Å². The lowest BCUT2D eigenvalue weighted by Gasteiger charge is -2.25. The van der Waals surface area contributed by atoms with Gasteiger partial charge in [0, 0.05) is 12.0 Å². The molecule has 0 fully saturated rings. The van der Waals surface area contributed by atoms with Crippen molar-refractivity contribution in [2.75, 3.05) is 11.9 Å². The van der Waals surface area contributed by atoms with Crippen molar-refractivity contribution in [3.8, 4) is 0 Å². The fourth-order valence-electron chi connectivity index (χ4n) is 2.33. The van der Waals surface area contributed by atoms with Crippen molar-refractivity contribution in [1.82, 2.24) is 9.97 Å². The van der Waals surface area contributed by atoms with Crippen molar-refractivity contribution >= 4 is 17.0 Å². The van der Waals surface area contributed by atoms with E-state index in [0.29, 0.717) is 0 Å². The van der Waals surface area contributed by atoms with Gasteiger partial charge in [-0.3, -0.25) is 0 Å². The standard InChI is InChI=1S/C17H19N3/c1-17(2,13-8-4-3-5-9-13)12-18-16-19-14-10-6-7-11-15(14)20-16/h3-11H,12H2,1-2H3,(H2,18,19,20). The van der Waals surface area contributed by atoms with E-state index < -0.39 is 0 Å². The Balaban J connectivity index is 1.75. The van der Waals surface area contributed by atoms with Crippen LogP contribution in [0.15, 0.2) is 54.6 Å². The van der Waals surface area contributed by atoms with Gasteiger partial charge >= 0.3 is 0 Å². The Morgan fingerprint density at radius 1 is 1.00 bits per heavy atom. The minimum atomic E-state index is 0.0558. The molecule has 3 aromatic rings. The molecule has 2 aromatic carbocycles. The molecule has 2 N–H and O–H groups in total. The highest BCUT2D eigenvalue weighted by atomic mass is 15.1. The number of benzene rings is 2. The molecule has 0 aliphatic rings. The highest BCUT2D eigenvalue weighted by Gasteiger charge is 2.20. The fourth-order valence-corrected chi connectivity index (χ4v) is 2.33. The summed E-state index contributed by atoms with van der Waals surface area (Å²) in [6, 6.07) is 18.6. The molecular formula is C17H19N3. The molecule has 1 aromatic heterocycles. The molecule has 0 bridgehead atoms. The maximum atomic E-state index is 4.54. The summed E-state index contributed by atoms with van der Waals surface area (Å²) in [4.78, 5) is 7.84. The summed E-state index contributed by atoms with van der Waals surface area (Å²) in [5, 5.41) is 3.41. The molecule has 0 aliphatic carbocycles. The van der Waals surface area contributed by atoms with E-state index in [9.17, 15) is 0 Å². The van der Waals surface area contributed by atoms with E-state index in [1.54, 1.807) is 0 Å². The summed E-state index contributed by atoms with van der Waals surface area (Å²) in [6.45, 7) is 5.30. The van der Waals surface area contributed by atoms with Crippen LogP contribution in [0.1, 0.15) is 19.4 Å². The zero-order valence-corrected chi connectivity index (χ0v) is 11.9. The SMILES string of the molecule is CC(C)(CNc1nc2ccccc2[nH]1)c1ccccc1. The van der Waals surface area contributed by atoms with Crippen LogP contribution in [0.2, 0.25) is 0 Å². The van der Waals surface area contributed by atoms with Gasteiger partial charge < -0.3 is 10.3 Å². The van der Waals surface area contributed by atoms with Crippen molar-refractivity contribution in [1.29, 1.82) is 0 Å². The number of nitrogens with zero attached hydrogens (tertiary/aromatic N) is 1. The summed E-state index contributed by atoms with van der Waals surface area (Å²) < 4.78 is 0. The van der Waals surface area contributed by atoms with Crippen molar-refractivity contribution in [2.45, 2.75) is 19.3 Å². The molecule has 0 spiro atoms. The molecule has 0 unspecified atom stereocenters. The number of para-hydroxylation sites is 2. The lowest BCUT2D eigenvalue weighted by atomic mass is 9.85. The number of anilines is 1. The molecule has 3 heteroatoms. The van der Waals surface area contributed by atoms with E-state index in [0.717, 1.165) is 23.5 Å². The predicted octanol–water partition coefficient (Wildman–Crippen LogP) is 3.95. The maximum absolute atomic E-state index is 4.54. The maximum Gasteiger partial charge on any atom is 0.201 e. The van der Waals surface area contributed by atoms with Gasteiger partial charge in [-0.2, -0.15) is 0 Å². The number of aromatic nitrogens is 2. The quantitative estimate of drug-likeness (QED) is 0.750. The first-order chi connectivity index (χ1) is 9.65. The Bertz CT molecular complexity index is 665. The molecule has 0 aliphatic heterocycles. The number of fused-ring (bicyclic) bond motifs is 1. The van der Waals surface area contributed by atoms with Gasteiger partial charge in [-0.15, -0.1) is 0 Å². The molecule has 102 valence electrons. The highest BCUT2D eigenvalue weighted by Crippen LogP contribution is 2.23. The molecular weight excluding hydrogens is 246 g/mol. The largest absolute Gasteiger partial charge is 0.355 e. The summed E-state index contributed by atoms with van der Waals surface area (Å²) >= 11 is 0. The second-order valence-electron chi connectivity index (χ2n) is 5.71. The normalized spacial score (nSPS) is 11.7. The van der Waals surface area contributed by atoms with Gasteiger partial charge in [0.05, 0.1) is 11.0 Å². The second-order valence-corrected chi connectivity index (χ2v) is 5.71. The predicted molar refractivity (Wildman–Crippen MR) is 84.1 cm³/mol. The van der Waals surface area contributed by atoms with Gasteiger partial charge in [-0.25, -0.2) is 4.98 Å². The minimum absolute atomic E-state index is 0.0558. The zero-order valence-electron chi connectivity index (χ0n) is 11.9. The van der Waals surface area contributed by atoms with E-state index in [-0.39, 0.29) is 5.41 Å². The molecule has 1 heterocycles. The third-order valence-corrected chi connectivity index (χ3v) is 3.64. The minimum Gasteiger partial charge on any atom is -0.355 e. The van der Waals surface area contributed by atoms with Gasteiger partial charge in [-0.05, 0) is 17.7 Å². The number of aromatic amines is 1. The van der Waals surface area contributed by atoms with Crippen LogP contribution >= 0.6 is 0 Å². The lowest BCUT2D eigenvalue weighted by molar-refractivity contribution is 0.555. The summed E-state index contributed by atoms with van der Waals surface area (Å²) in [5.74, 6) is 0.829. The third-order valence-electron chi connectivity index (χ3n) is 3.64. The number of nitrogens with one attached hydrogen (secondary N) is 2. The molecule has 20 heavy (non-hydrogen) atoms. The second kappa shape index (κ2) is 5.00. The van der Waals surface area contributed by atoms with Crippen molar-refractivity contribution in [3.63, 3.8) is 0 Å². The number of H-pyrrole nitrogens is 1. The van der Waals surface area contributed by atoms with Crippen molar-refractivity contribution < 1.29 is 0 Å². The van der Waals surface area contributed by atoms with Crippen LogP contribution in [0.5, 0.6) is 0 Å². The highest BCUT2D eigenvalue weighted by molar-refractivity contribution is 5.77. The molecule has 0 saturated heterocycles. The average molecular weight is 265 g/mol. The smallest absolute Gasteiger partial charge is 0.201 e. The van der Waals surface area contributed by atoms with Crippen LogP contribution in [0.25, 0.3) is 11.0 Å². The summed E-state index contributed by atoms with van der Waals surface area (Å²) in [5.41, 5.74) is 3.43. The van der Waals surface area contributed by atoms with Crippen molar-refractivity contribution in [3.05, 3.63) is 60.2 Å².